The third-order valence-electron chi connectivity index (χ3n) is 2.60. The van der Waals surface area contributed by atoms with Crippen molar-refractivity contribution in [3.8, 4) is 0 Å². The summed E-state index contributed by atoms with van der Waals surface area (Å²) in [5.41, 5.74) is -0.812. The Labute approximate surface area is 120 Å². The van der Waals surface area contributed by atoms with E-state index in [0.29, 0.717) is 19.7 Å². The minimum absolute atomic E-state index is 0.116. The van der Waals surface area contributed by atoms with E-state index >= 15 is 0 Å². The number of methoxy groups -OCH3 is 1. The van der Waals surface area contributed by atoms with Gasteiger partial charge in [0.25, 0.3) is 0 Å². The van der Waals surface area contributed by atoms with Crippen molar-refractivity contribution >= 4 is 17.4 Å². The Morgan fingerprint density at radius 2 is 2.05 bits per heavy atom. The zero-order valence-electron chi connectivity index (χ0n) is 11.3. The summed E-state index contributed by atoms with van der Waals surface area (Å²) in [4.78, 5) is 5.81. The Morgan fingerprint density at radius 1 is 1.35 bits per heavy atom. The molecule has 1 aromatic rings. The van der Waals surface area contributed by atoms with E-state index in [9.17, 15) is 13.2 Å². The van der Waals surface area contributed by atoms with Crippen LogP contribution in [0.15, 0.2) is 12.1 Å². The van der Waals surface area contributed by atoms with E-state index in [0.717, 1.165) is 18.7 Å². The molecule has 20 heavy (non-hydrogen) atoms. The van der Waals surface area contributed by atoms with Crippen LogP contribution in [0.25, 0.3) is 0 Å². The lowest BCUT2D eigenvalue weighted by Gasteiger charge is -2.17. The summed E-state index contributed by atoms with van der Waals surface area (Å²) in [6.07, 6.45) is -4.43. The largest absolute Gasteiger partial charge is 0.416 e. The number of alkyl halides is 3. The lowest BCUT2D eigenvalue weighted by molar-refractivity contribution is -0.137. The van der Waals surface area contributed by atoms with Crippen LogP contribution in [0.1, 0.15) is 5.56 Å². The standard InChI is InChI=1S/C12H17ClF3N3O/c1-19(5-6-20-2)4-3-17-11-8-9(12(14,15)16)7-10(13)18-11/h7-8H,3-6H2,1-2H3,(H,17,18). The lowest BCUT2D eigenvalue weighted by atomic mass is 10.2. The maximum atomic E-state index is 12.6. The normalized spacial score (nSPS) is 11.9. The third kappa shape index (κ3) is 5.94. The summed E-state index contributed by atoms with van der Waals surface area (Å²) in [7, 11) is 3.51. The molecule has 0 spiro atoms. The highest BCUT2D eigenvalue weighted by atomic mass is 35.5. The van der Waals surface area contributed by atoms with Gasteiger partial charge in [0.2, 0.25) is 0 Å². The predicted octanol–water partition coefficient (Wildman–Crippen LogP) is 2.74. The fourth-order valence-electron chi connectivity index (χ4n) is 1.48. The number of hydrogen-bond acceptors (Lipinski definition) is 4. The first-order chi connectivity index (χ1) is 9.32. The fourth-order valence-corrected chi connectivity index (χ4v) is 1.69. The second kappa shape index (κ2) is 7.66. The van der Waals surface area contributed by atoms with Crippen LogP contribution in [0.5, 0.6) is 0 Å². The minimum atomic E-state index is -4.43. The molecule has 4 nitrogen and oxygen atoms in total. The van der Waals surface area contributed by atoms with Crippen LogP contribution < -0.4 is 5.32 Å². The van der Waals surface area contributed by atoms with Crippen molar-refractivity contribution < 1.29 is 17.9 Å². The van der Waals surface area contributed by atoms with Crippen LogP contribution in [-0.2, 0) is 10.9 Å². The van der Waals surface area contributed by atoms with Crippen molar-refractivity contribution in [1.82, 2.24) is 9.88 Å². The maximum absolute atomic E-state index is 12.6. The van der Waals surface area contributed by atoms with E-state index in [1.165, 1.54) is 0 Å². The van der Waals surface area contributed by atoms with E-state index in [1.54, 1.807) is 7.11 Å². The highest BCUT2D eigenvalue weighted by Gasteiger charge is 2.31. The van der Waals surface area contributed by atoms with Crippen molar-refractivity contribution in [2.24, 2.45) is 0 Å². The molecule has 1 rings (SSSR count). The third-order valence-corrected chi connectivity index (χ3v) is 2.79. The first-order valence-corrected chi connectivity index (χ1v) is 6.37. The second-order valence-corrected chi connectivity index (χ2v) is 4.67. The molecule has 0 radical (unpaired) electrons. The van der Waals surface area contributed by atoms with Gasteiger partial charge in [0.05, 0.1) is 12.2 Å². The quantitative estimate of drug-likeness (QED) is 0.786. The number of likely N-dealkylation sites (N-methyl/N-ethyl adjacent to an activating group) is 1. The van der Waals surface area contributed by atoms with E-state index < -0.39 is 11.7 Å². The van der Waals surface area contributed by atoms with Crippen molar-refractivity contribution in [3.05, 3.63) is 22.8 Å². The van der Waals surface area contributed by atoms with Gasteiger partial charge >= 0.3 is 6.18 Å². The Morgan fingerprint density at radius 3 is 2.65 bits per heavy atom. The van der Waals surface area contributed by atoms with Gasteiger partial charge in [-0.25, -0.2) is 4.98 Å². The molecule has 1 N–H and O–H groups in total. The molecule has 0 saturated carbocycles. The predicted molar refractivity (Wildman–Crippen MR) is 72.1 cm³/mol. The SMILES string of the molecule is COCCN(C)CCNc1cc(C(F)(F)F)cc(Cl)n1. The van der Waals surface area contributed by atoms with Gasteiger partial charge in [0, 0.05) is 26.7 Å². The molecule has 0 fully saturated rings. The Hall–Kier alpha value is -1.05. The molecule has 0 unspecified atom stereocenters. The van der Waals surface area contributed by atoms with Gasteiger partial charge in [0.15, 0.2) is 0 Å². The number of aromatic nitrogens is 1. The molecule has 0 atom stereocenters. The van der Waals surface area contributed by atoms with E-state index in [2.05, 4.69) is 10.3 Å². The highest BCUT2D eigenvalue weighted by molar-refractivity contribution is 6.29. The molecular formula is C12H17ClF3N3O. The zero-order valence-corrected chi connectivity index (χ0v) is 12.1. The smallest absolute Gasteiger partial charge is 0.383 e. The molecule has 8 heteroatoms. The summed E-state index contributed by atoms with van der Waals surface area (Å²) in [5, 5.41) is 2.64. The molecule has 0 bridgehead atoms. The zero-order chi connectivity index (χ0) is 15.2. The van der Waals surface area contributed by atoms with Gasteiger partial charge in [-0.05, 0) is 19.2 Å². The van der Waals surface area contributed by atoms with E-state index in [1.807, 2.05) is 11.9 Å². The van der Waals surface area contributed by atoms with Crippen molar-refractivity contribution in [1.29, 1.82) is 0 Å². The number of nitrogens with zero attached hydrogens (tertiary/aromatic N) is 2. The molecule has 0 aliphatic rings. The minimum Gasteiger partial charge on any atom is -0.383 e. The second-order valence-electron chi connectivity index (χ2n) is 4.28. The van der Waals surface area contributed by atoms with Crippen molar-refractivity contribution in [2.45, 2.75) is 6.18 Å². The number of nitrogens with one attached hydrogen (secondary N) is 1. The molecule has 114 valence electrons. The van der Waals surface area contributed by atoms with Gasteiger partial charge in [-0.15, -0.1) is 0 Å². The van der Waals surface area contributed by atoms with Gasteiger partial charge in [-0.1, -0.05) is 11.6 Å². The Balaban J connectivity index is 2.54. The van der Waals surface area contributed by atoms with Crippen LogP contribution in [-0.4, -0.2) is 50.3 Å². The summed E-state index contributed by atoms with van der Waals surface area (Å²) in [5.74, 6) is 0.116. The molecule has 1 aromatic heterocycles. The summed E-state index contributed by atoms with van der Waals surface area (Å²) < 4.78 is 42.7. The molecule has 0 amide bonds. The number of pyridine rings is 1. The molecule has 1 heterocycles. The fraction of sp³-hybridized carbons (Fsp3) is 0.583. The van der Waals surface area contributed by atoms with Crippen LogP contribution in [0.4, 0.5) is 19.0 Å². The van der Waals surface area contributed by atoms with Crippen molar-refractivity contribution in [3.63, 3.8) is 0 Å². The van der Waals surface area contributed by atoms with Gasteiger partial charge < -0.3 is 15.0 Å². The van der Waals surface area contributed by atoms with Crippen LogP contribution >= 0.6 is 11.6 Å². The average Bonchev–Trinajstić information content (AvgIpc) is 2.34. The lowest BCUT2D eigenvalue weighted by Crippen LogP contribution is -2.28. The molecule has 0 aromatic carbocycles. The van der Waals surface area contributed by atoms with Gasteiger partial charge in [-0.3, -0.25) is 0 Å². The topological polar surface area (TPSA) is 37.4 Å². The number of ether oxygens (including phenoxy) is 1. The Kier molecular flexibility index (Phi) is 6.51. The van der Waals surface area contributed by atoms with E-state index in [4.69, 9.17) is 16.3 Å². The molecular weight excluding hydrogens is 295 g/mol. The average molecular weight is 312 g/mol. The Bertz CT molecular complexity index is 429. The van der Waals surface area contributed by atoms with Crippen molar-refractivity contribution in [2.75, 3.05) is 45.7 Å². The summed E-state index contributed by atoms with van der Waals surface area (Å²) >= 11 is 5.59. The van der Waals surface area contributed by atoms with Crippen LogP contribution in [0, 0.1) is 0 Å². The number of rotatable bonds is 7. The summed E-state index contributed by atoms with van der Waals surface area (Å²) in [6, 6.07) is 1.75. The maximum Gasteiger partial charge on any atom is 0.416 e. The number of anilines is 1. The number of halogens is 4. The van der Waals surface area contributed by atoms with Gasteiger partial charge in [0.1, 0.15) is 11.0 Å². The first-order valence-electron chi connectivity index (χ1n) is 5.99. The number of hydrogen-bond donors (Lipinski definition) is 1. The monoisotopic (exact) mass is 311 g/mol. The van der Waals surface area contributed by atoms with Crippen LogP contribution in [0.2, 0.25) is 5.15 Å². The first kappa shape index (κ1) is 17.0. The van der Waals surface area contributed by atoms with Gasteiger partial charge in [-0.2, -0.15) is 13.2 Å². The summed E-state index contributed by atoms with van der Waals surface area (Å²) in [6.45, 7) is 2.46. The molecule has 0 aliphatic heterocycles. The van der Waals surface area contributed by atoms with Crippen LogP contribution in [0.3, 0.4) is 0 Å². The highest BCUT2D eigenvalue weighted by Crippen LogP contribution is 2.31. The molecule has 0 saturated heterocycles. The van der Waals surface area contributed by atoms with E-state index in [-0.39, 0.29) is 11.0 Å². The molecule has 0 aliphatic carbocycles.